The Morgan fingerprint density at radius 2 is 2.29 bits per heavy atom. The lowest BCUT2D eigenvalue weighted by molar-refractivity contribution is -0.119. The van der Waals surface area contributed by atoms with Gasteiger partial charge in [0.2, 0.25) is 5.91 Å². The summed E-state index contributed by atoms with van der Waals surface area (Å²) in [7, 11) is 0. The average molecular weight is 301 g/mol. The highest BCUT2D eigenvalue weighted by Gasteiger charge is 2.23. The van der Waals surface area contributed by atoms with Crippen molar-refractivity contribution >= 4 is 28.5 Å². The molecule has 0 aliphatic carbocycles. The van der Waals surface area contributed by atoms with Gasteiger partial charge >= 0.3 is 0 Å². The van der Waals surface area contributed by atoms with Gasteiger partial charge in [-0.3, -0.25) is 4.79 Å². The van der Waals surface area contributed by atoms with E-state index in [4.69, 9.17) is 0 Å². The fourth-order valence-corrected chi connectivity index (χ4v) is 2.37. The number of carbonyl (C=O) groups excluding carboxylic acids is 1. The van der Waals surface area contributed by atoms with Crippen LogP contribution in [0.1, 0.15) is 30.0 Å². The number of carbonyl (C=O) groups is 1. The van der Waals surface area contributed by atoms with E-state index in [9.17, 15) is 4.79 Å². The van der Waals surface area contributed by atoms with Crippen LogP contribution < -0.4 is 5.32 Å². The van der Waals surface area contributed by atoms with Gasteiger partial charge in [-0.15, -0.1) is 0 Å². The lowest BCUT2D eigenvalue weighted by atomic mass is 10.0. The van der Waals surface area contributed by atoms with Crippen LogP contribution >= 0.6 is 22.6 Å². The predicted molar refractivity (Wildman–Crippen MR) is 64.0 cm³/mol. The van der Waals surface area contributed by atoms with E-state index >= 15 is 0 Å². The van der Waals surface area contributed by atoms with E-state index in [0.717, 1.165) is 6.42 Å². The van der Waals surface area contributed by atoms with E-state index in [2.05, 4.69) is 53.0 Å². The Morgan fingerprint density at radius 1 is 1.50 bits per heavy atom. The first kappa shape index (κ1) is 9.96. The Hall–Kier alpha value is -0.580. The number of benzene rings is 1. The van der Waals surface area contributed by atoms with E-state index in [1.807, 2.05) is 0 Å². The van der Waals surface area contributed by atoms with Gasteiger partial charge in [-0.1, -0.05) is 12.1 Å². The third-order valence-electron chi connectivity index (χ3n) is 2.68. The molecule has 0 unspecified atom stereocenters. The summed E-state index contributed by atoms with van der Waals surface area (Å²) in [5.74, 6) is 0.174. The topological polar surface area (TPSA) is 29.1 Å². The van der Waals surface area contributed by atoms with Crippen LogP contribution in [0.15, 0.2) is 18.2 Å². The molecular weight excluding hydrogens is 289 g/mol. The minimum atomic E-state index is 0.174. The number of amides is 1. The van der Waals surface area contributed by atoms with Crippen molar-refractivity contribution in [2.24, 2.45) is 0 Å². The van der Waals surface area contributed by atoms with Crippen LogP contribution in [-0.4, -0.2) is 5.91 Å². The summed E-state index contributed by atoms with van der Waals surface area (Å²) in [4.78, 5) is 11.1. The smallest absolute Gasteiger partial charge is 0.220 e. The fourth-order valence-electron chi connectivity index (χ4n) is 1.85. The summed E-state index contributed by atoms with van der Waals surface area (Å²) in [6.45, 7) is 2.11. The molecule has 1 aliphatic heterocycles. The number of hydrogen-bond donors (Lipinski definition) is 1. The highest BCUT2D eigenvalue weighted by molar-refractivity contribution is 14.1. The normalized spacial score (nSPS) is 21.0. The maximum atomic E-state index is 11.1. The molecular formula is C11H12INO. The SMILES string of the molecule is Cc1c(I)cccc1[C@H]1CCC(=O)N1. The quantitative estimate of drug-likeness (QED) is 0.794. The summed E-state index contributed by atoms with van der Waals surface area (Å²) in [6, 6.07) is 6.48. The number of halogens is 1. The van der Waals surface area contributed by atoms with Crippen LogP contribution in [0, 0.1) is 10.5 Å². The van der Waals surface area contributed by atoms with Crippen molar-refractivity contribution in [2.45, 2.75) is 25.8 Å². The second-order valence-corrected chi connectivity index (χ2v) is 4.78. The number of rotatable bonds is 1. The summed E-state index contributed by atoms with van der Waals surface area (Å²) in [5, 5.41) is 3.00. The van der Waals surface area contributed by atoms with Crippen LogP contribution in [0.25, 0.3) is 0 Å². The molecule has 1 amide bonds. The molecule has 1 fully saturated rings. The van der Waals surface area contributed by atoms with Gasteiger partial charge in [-0.25, -0.2) is 0 Å². The van der Waals surface area contributed by atoms with Crippen molar-refractivity contribution in [1.29, 1.82) is 0 Å². The maximum Gasteiger partial charge on any atom is 0.220 e. The molecule has 3 heteroatoms. The lowest BCUT2D eigenvalue weighted by Crippen LogP contribution is -2.19. The Balaban J connectivity index is 2.32. The number of hydrogen-bond acceptors (Lipinski definition) is 1. The van der Waals surface area contributed by atoms with Gasteiger partial charge in [0.15, 0.2) is 0 Å². The molecule has 1 heterocycles. The van der Waals surface area contributed by atoms with Crippen LogP contribution in [0.5, 0.6) is 0 Å². The second kappa shape index (κ2) is 3.88. The van der Waals surface area contributed by atoms with E-state index in [1.54, 1.807) is 0 Å². The molecule has 74 valence electrons. The van der Waals surface area contributed by atoms with E-state index in [-0.39, 0.29) is 11.9 Å². The third-order valence-corrected chi connectivity index (χ3v) is 3.85. The van der Waals surface area contributed by atoms with Crippen LogP contribution in [0.4, 0.5) is 0 Å². The van der Waals surface area contributed by atoms with Crippen LogP contribution in [0.2, 0.25) is 0 Å². The van der Waals surface area contributed by atoms with Gasteiger partial charge in [0, 0.05) is 9.99 Å². The zero-order valence-corrected chi connectivity index (χ0v) is 10.2. The molecule has 14 heavy (non-hydrogen) atoms. The zero-order chi connectivity index (χ0) is 10.1. The fraction of sp³-hybridized carbons (Fsp3) is 0.364. The van der Waals surface area contributed by atoms with Crippen molar-refractivity contribution < 1.29 is 4.79 Å². The zero-order valence-electron chi connectivity index (χ0n) is 8.01. The van der Waals surface area contributed by atoms with Crippen LogP contribution in [-0.2, 0) is 4.79 Å². The van der Waals surface area contributed by atoms with Gasteiger partial charge in [-0.2, -0.15) is 0 Å². The summed E-state index contributed by atoms with van der Waals surface area (Å²) < 4.78 is 1.27. The molecule has 1 aliphatic rings. The molecule has 1 atom stereocenters. The van der Waals surface area contributed by atoms with Gasteiger partial charge < -0.3 is 5.32 Å². The lowest BCUT2D eigenvalue weighted by Gasteiger charge is -2.14. The second-order valence-electron chi connectivity index (χ2n) is 3.61. The van der Waals surface area contributed by atoms with Gasteiger partial charge in [0.1, 0.15) is 0 Å². The molecule has 0 bridgehead atoms. The highest BCUT2D eigenvalue weighted by Crippen LogP contribution is 2.28. The standard InChI is InChI=1S/C11H12INO/c1-7-8(3-2-4-9(7)12)10-5-6-11(14)13-10/h2-4,10H,5-6H2,1H3,(H,13,14)/t10-/m1/s1. The van der Waals surface area contributed by atoms with Crippen molar-refractivity contribution in [2.75, 3.05) is 0 Å². The molecule has 1 aromatic carbocycles. The van der Waals surface area contributed by atoms with E-state index in [0.29, 0.717) is 6.42 Å². The molecule has 1 N–H and O–H groups in total. The van der Waals surface area contributed by atoms with Gasteiger partial charge in [0.05, 0.1) is 6.04 Å². The van der Waals surface area contributed by atoms with E-state index in [1.165, 1.54) is 14.7 Å². The molecule has 0 saturated carbocycles. The number of nitrogens with one attached hydrogen (secondary N) is 1. The first-order chi connectivity index (χ1) is 6.68. The summed E-state index contributed by atoms with van der Waals surface area (Å²) in [5.41, 5.74) is 2.56. The third kappa shape index (κ3) is 1.78. The predicted octanol–water partition coefficient (Wildman–Crippen LogP) is 2.55. The summed E-state index contributed by atoms with van der Waals surface area (Å²) >= 11 is 2.33. The highest BCUT2D eigenvalue weighted by atomic mass is 127. The minimum absolute atomic E-state index is 0.174. The molecule has 0 spiro atoms. The molecule has 0 radical (unpaired) electrons. The average Bonchev–Trinajstić information content (AvgIpc) is 2.57. The van der Waals surface area contributed by atoms with Gasteiger partial charge in [-0.05, 0) is 53.1 Å². The molecule has 2 nitrogen and oxygen atoms in total. The first-order valence-electron chi connectivity index (χ1n) is 4.73. The minimum Gasteiger partial charge on any atom is -0.349 e. The largest absolute Gasteiger partial charge is 0.349 e. The Labute approximate surface area is 97.2 Å². The Bertz CT molecular complexity index is 376. The van der Waals surface area contributed by atoms with Crippen molar-refractivity contribution in [3.63, 3.8) is 0 Å². The van der Waals surface area contributed by atoms with Crippen molar-refractivity contribution in [3.8, 4) is 0 Å². The monoisotopic (exact) mass is 301 g/mol. The van der Waals surface area contributed by atoms with Crippen molar-refractivity contribution in [3.05, 3.63) is 32.9 Å². The van der Waals surface area contributed by atoms with Gasteiger partial charge in [0.25, 0.3) is 0 Å². The molecule has 0 aromatic heterocycles. The van der Waals surface area contributed by atoms with E-state index < -0.39 is 0 Å². The Kier molecular flexibility index (Phi) is 2.76. The molecule has 2 rings (SSSR count). The van der Waals surface area contributed by atoms with Crippen molar-refractivity contribution in [1.82, 2.24) is 5.32 Å². The first-order valence-corrected chi connectivity index (χ1v) is 5.81. The molecule has 1 aromatic rings. The summed E-state index contributed by atoms with van der Waals surface area (Å²) in [6.07, 6.45) is 1.59. The Morgan fingerprint density at radius 3 is 2.93 bits per heavy atom. The molecule has 1 saturated heterocycles. The van der Waals surface area contributed by atoms with Crippen LogP contribution in [0.3, 0.4) is 0 Å². The maximum absolute atomic E-state index is 11.1.